The smallest absolute Gasteiger partial charge is 0.339 e. The van der Waals surface area contributed by atoms with E-state index in [4.69, 9.17) is 0 Å². The van der Waals surface area contributed by atoms with Gasteiger partial charge in [0.2, 0.25) is 11.8 Å². The third-order valence-corrected chi connectivity index (χ3v) is 10.6. The highest BCUT2D eigenvalue weighted by atomic mass is 32.1. The average molecular weight is 732 g/mol. The molecule has 0 unspecified atom stereocenters. The van der Waals surface area contributed by atoms with Crippen LogP contribution in [0.1, 0.15) is 73.2 Å². The zero-order chi connectivity index (χ0) is 36.9. The third kappa shape index (κ3) is 8.92. The molecule has 1 saturated carbocycles. The summed E-state index contributed by atoms with van der Waals surface area (Å²) in [7, 11) is 1.95. The fraction of sp³-hybridized carbons (Fsp3) is 0.559. The van der Waals surface area contributed by atoms with Crippen molar-refractivity contribution in [1.82, 2.24) is 39.8 Å². The molecular weight excluding hydrogens is 687 g/mol. The highest BCUT2D eigenvalue weighted by Gasteiger charge is 2.45. The van der Waals surface area contributed by atoms with E-state index in [-0.39, 0.29) is 16.5 Å². The van der Waals surface area contributed by atoms with Crippen LogP contribution in [0.3, 0.4) is 0 Å². The number of aromatic nitrogens is 4. The summed E-state index contributed by atoms with van der Waals surface area (Å²) in [5, 5.41) is 15.1. The summed E-state index contributed by atoms with van der Waals surface area (Å²) in [6.07, 6.45) is 5.82. The molecule has 1 aliphatic carbocycles. The van der Waals surface area contributed by atoms with Gasteiger partial charge in [0, 0.05) is 44.8 Å². The molecule has 1 aromatic carbocycles. The fourth-order valence-electron chi connectivity index (χ4n) is 6.50. The van der Waals surface area contributed by atoms with Crippen LogP contribution in [-0.2, 0) is 26.9 Å². The molecule has 5 rings (SSSR count). The summed E-state index contributed by atoms with van der Waals surface area (Å²) in [6, 6.07) is 1.62. The molecule has 13 nitrogen and oxygen atoms in total. The molecule has 17 heteroatoms. The van der Waals surface area contributed by atoms with Gasteiger partial charge in [0.1, 0.15) is 22.8 Å². The van der Waals surface area contributed by atoms with Gasteiger partial charge in [-0.2, -0.15) is 13.9 Å². The van der Waals surface area contributed by atoms with Gasteiger partial charge >= 0.3 is 5.92 Å². The summed E-state index contributed by atoms with van der Waals surface area (Å²) in [6.45, 7) is 8.04. The molecule has 1 saturated heterocycles. The summed E-state index contributed by atoms with van der Waals surface area (Å²) >= 11 is 0.880. The molecule has 2 fully saturated rings. The molecule has 4 amide bonds. The van der Waals surface area contributed by atoms with Gasteiger partial charge in [-0.3, -0.25) is 23.9 Å². The number of nitrogens with zero attached hydrogens (tertiary/aromatic N) is 6. The first-order chi connectivity index (χ1) is 24.3. The van der Waals surface area contributed by atoms with Crippen LogP contribution in [0.2, 0.25) is 0 Å². The van der Waals surface area contributed by atoms with Gasteiger partial charge in [-0.25, -0.2) is 4.39 Å². The maximum Gasteiger partial charge on any atom is 0.352 e. The maximum atomic E-state index is 15.8. The Morgan fingerprint density at radius 1 is 1.04 bits per heavy atom. The Morgan fingerprint density at radius 3 is 2.35 bits per heavy atom. The first-order valence-electron chi connectivity index (χ1n) is 17.2. The van der Waals surface area contributed by atoms with Crippen LogP contribution in [-0.4, -0.2) is 98.1 Å². The predicted octanol–water partition coefficient (Wildman–Crippen LogP) is 3.61. The molecule has 51 heavy (non-hydrogen) atoms. The van der Waals surface area contributed by atoms with E-state index in [9.17, 15) is 19.2 Å². The number of hydrogen-bond donors (Lipinski definition) is 3. The Hall–Kier alpha value is -4.38. The second kappa shape index (κ2) is 16.3. The Labute approximate surface area is 298 Å². The second-order valence-corrected chi connectivity index (χ2v) is 14.3. The van der Waals surface area contributed by atoms with Gasteiger partial charge in [0.05, 0.1) is 23.6 Å². The Kier molecular flexibility index (Phi) is 12.1. The van der Waals surface area contributed by atoms with Crippen molar-refractivity contribution in [2.75, 3.05) is 38.5 Å². The van der Waals surface area contributed by atoms with Gasteiger partial charge in [0.25, 0.3) is 11.8 Å². The number of likely N-dealkylation sites (N-methyl/N-ethyl adjacent to an activating group) is 1. The SMILES string of the molecule is CCn1cc(C(F)(F)C(=O)N[C@H](C(=O)Nc2ccc([C@H](C)[C@@H](NC(=O)c3cnns3)C(=O)N3CCN(C)CC3)cc2F)[C@H]2CC[C@H](C)CC2)cn1. The highest BCUT2D eigenvalue weighted by molar-refractivity contribution is 7.07. The molecule has 1 aliphatic heterocycles. The number of carbonyl (C=O) groups excluding carboxylic acids is 4. The standard InChI is InChI=1S/C34H44F3N9O4S/c1-5-46-19-24(17-39-46)34(36,37)33(50)42-29(22-8-6-20(2)7-9-22)31(48)40-26-11-10-23(16-25(26)35)21(3)28(41-30(47)27-18-38-43-51-27)32(49)45-14-12-44(4)13-15-45/h10-11,16-22,28-29H,5-9,12-15H2,1-4H3,(H,40,48)(H,41,47)(H,42,50)/t20-,21-,22-,28+,29-/m0/s1. The number of hydrogen-bond acceptors (Lipinski definition) is 9. The first-order valence-corrected chi connectivity index (χ1v) is 17.9. The van der Waals surface area contributed by atoms with E-state index in [0.29, 0.717) is 57.0 Å². The van der Waals surface area contributed by atoms with E-state index in [1.165, 1.54) is 29.1 Å². The molecule has 0 spiro atoms. The van der Waals surface area contributed by atoms with Crippen molar-refractivity contribution in [3.05, 3.63) is 58.6 Å². The van der Waals surface area contributed by atoms with Crippen LogP contribution < -0.4 is 16.0 Å². The molecule has 3 N–H and O–H groups in total. The number of amides is 4. The lowest BCUT2D eigenvalue weighted by Crippen LogP contribution is -2.55. The summed E-state index contributed by atoms with van der Waals surface area (Å²) < 4.78 is 51.3. The summed E-state index contributed by atoms with van der Waals surface area (Å²) in [5.41, 5.74) is -0.450. The number of alkyl halides is 2. The van der Waals surface area contributed by atoms with E-state index in [2.05, 4.69) is 42.5 Å². The van der Waals surface area contributed by atoms with Gasteiger partial charge in [-0.15, -0.1) is 5.10 Å². The van der Waals surface area contributed by atoms with Gasteiger partial charge < -0.3 is 25.8 Å². The lowest BCUT2D eigenvalue weighted by molar-refractivity contribution is -0.149. The van der Waals surface area contributed by atoms with Crippen molar-refractivity contribution in [2.45, 2.75) is 76.9 Å². The molecule has 3 heterocycles. The molecule has 3 atom stereocenters. The summed E-state index contributed by atoms with van der Waals surface area (Å²) in [4.78, 5) is 57.4. The van der Waals surface area contributed by atoms with Crippen molar-refractivity contribution in [3.63, 3.8) is 0 Å². The zero-order valence-corrected chi connectivity index (χ0v) is 29.9. The van der Waals surface area contributed by atoms with Crippen LogP contribution in [0.15, 0.2) is 36.8 Å². The predicted molar refractivity (Wildman–Crippen MR) is 184 cm³/mol. The Bertz CT molecular complexity index is 1690. The van der Waals surface area contributed by atoms with Crippen LogP contribution >= 0.6 is 11.5 Å². The lowest BCUT2D eigenvalue weighted by atomic mass is 9.79. The van der Waals surface area contributed by atoms with Crippen molar-refractivity contribution in [1.29, 1.82) is 0 Å². The molecule has 2 aliphatic rings. The van der Waals surface area contributed by atoms with Gasteiger partial charge in [-0.05, 0) is 67.9 Å². The highest BCUT2D eigenvalue weighted by Crippen LogP contribution is 2.34. The second-order valence-electron chi connectivity index (χ2n) is 13.5. The fourth-order valence-corrected chi connectivity index (χ4v) is 6.92. The van der Waals surface area contributed by atoms with E-state index in [0.717, 1.165) is 36.8 Å². The quantitative estimate of drug-likeness (QED) is 0.256. The van der Waals surface area contributed by atoms with Crippen molar-refractivity contribution < 1.29 is 32.3 Å². The Balaban J connectivity index is 1.34. The topological polar surface area (TPSA) is 154 Å². The van der Waals surface area contributed by atoms with Crippen LogP contribution in [0.4, 0.5) is 18.9 Å². The van der Waals surface area contributed by atoms with E-state index in [1.807, 2.05) is 7.05 Å². The number of rotatable bonds is 12. The first kappa shape index (κ1) is 37.9. The molecule has 3 aromatic rings. The minimum absolute atomic E-state index is 0.213. The monoisotopic (exact) mass is 731 g/mol. The Morgan fingerprint density at radius 2 is 1.75 bits per heavy atom. The van der Waals surface area contributed by atoms with E-state index < -0.39 is 58.9 Å². The van der Waals surface area contributed by atoms with E-state index >= 15 is 13.2 Å². The zero-order valence-electron chi connectivity index (χ0n) is 29.1. The van der Waals surface area contributed by atoms with Gasteiger partial charge in [0.15, 0.2) is 0 Å². The van der Waals surface area contributed by atoms with Crippen LogP contribution in [0.5, 0.6) is 0 Å². The number of carbonyl (C=O) groups is 4. The van der Waals surface area contributed by atoms with Crippen LogP contribution in [0, 0.1) is 17.7 Å². The number of nitrogens with one attached hydrogen (secondary N) is 3. The number of halogens is 3. The molecule has 0 radical (unpaired) electrons. The van der Waals surface area contributed by atoms with Gasteiger partial charge in [-0.1, -0.05) is 37.2 Å². The number of aryl methyl sites for hydroxylation is 1. The molecule has 2 aromatic heterocycles. The average Bonchev–Trinajstić information content (AvgIpc) is 3.84. The van der Waals surface area contributed by atoms with Crippen molar-refractivity contribution in [2.24, 2.45) is 11.8 Å². The summed E-state index contributed by atoms with van der Waals surface area (Å²) in [5.74, 6) is -8.88. The number of benzene rings is 1. The number of anilines is 1. The number of piperazine rings is 1. The maximum absolute atomic E-state index is 15.8. The minimum atomic E-state index is -3.96. The largest absolute Gasteiger partial charge is 0.352 e. The van der Waals surface area contributed by atoms with Crippen molar-refractivity contribution in [3.8, 4) is 0 Å². The third-order valence-electron chi connectivity index (χ3n) is 9.94. The van der Waals surface area contributed by atoms with Crippen LogP contribution in [0.25, 0.3) is 0 Å². The van der Waals surface area contributed by atoms with Crippen molar-refractivity contribution >= 4 is 40.8 Å². The molecule has 0 bridgehead atoms. The normalized spacial score (nSPS) is 20.3. The minimum Gasteiger partial charge on any atom is -0.339 e. The molecule has 276 valence electrons. The lowest BCUT2D eigenvalue weighted by Gasteiger charge is -2.36. The van der Waals surface area contributed by atoms with E-state index in [1.54, 1.807) is 18.7 Å². The molecular formula is C34H44F3N9O4S.